The minimum Gasteiger partial charge on any atom is -0.255 e. The van der Waals surface area contributed by atoms with Gasteiger partial charge in [-0.05, 0) is 37.8 Å². The lowest BCUT2D eigenvalue weighted by molar-refractivity contribution is 0.723. The highest BCUT2D eigenvalue weighted by atomic mass is 35.5. The lowest BCUT2D eigenvalue weighted by Gasteiger charge is -2.15. The molecule has 0 spiro atoms. The highest BCUT2D eigenvalue weighted by Crippen LogP contribution is 2.23. The number of rotatable bonds is 6. The van der Waals surface area contributed by atoms with Crippen molar-refractivity contribution in [3.05, 3.63) is 62.2 Å². The molecule has 0 radical (unpaired) electrons. The molecule has 0 bridgehead atoms. The number of nitrogens with zero attached hydrogens (tertiary/aromatic N) is 2. The fourth-order valence-corrected chi connectivity index (χ4v) is 3.55. The van der Waals surface area contributed by atoms with Crippen LogP contribution in [0.15, 0.2) is 51.6 Å². The van der Waals surface area contributed by atoms with Gasteiger partial charge in [0.05, 0.1) is 23.0 Å². The Kier molecular flexibility index (Phi) is 7.43. The van der Waals surface area contributed by atoms with Gasteiger partial charge < -0.3 is 0 Å². The molecule has 3 unspecified atom stereocenters. The molecule has 1 aromatic rings. The summed E-state index contributed by atoms with van der Waals surface area (Å²) in [4.78, 5) is 24.6. The second-order valence-electron chi connectivity index (χ2n) is 5.52. The van der Waals surface area contributed by atoms with Gasteiger partial charge in [-0.3, -0.25) is 4.79 Å². The molecule has 4 nitrogen and oxygen atoms in total. The standard InChI is InChI=1S/C17H20Cl2N2O2S2/c1-4-12(6-5-11(2)24-3)10-20-16(22)21(25-17(20)23)13-7-8-14(18)15(19)9-13/h4-9,11,14-15H,10H2,1-3H3. The molecule has 25 heavy (non-hydrogen) atoms. The van der Waals surface area contributed by atoms with E-state index in [1.54, 1.807) is 30.0 Å². The van der Waals surface area contributed by atoms with Crippen LogP contribution in [0.5, 0.6) is 0 Å². The van der Waals surface area contributed by atoms with Gasteiger partial charge in [-0.1, -0.05) is 24.3 Å². The Bertz CT molecular complexity index is 846. The molecule has 1 aliphatic carbocycles. The number of hydrogen-bond acceptors (Lipinski definition) is 4. The lowest BCUT2D eigenvalue weighted by Crippen LogP contribution is -2.29. The summed E-state index contributed by atoms with van der Waals surface area (Å²) < 4.78 is 2.59. The smallest absolute Gasteiger partial charge is 0.255 e. The van der Waals surface area contributed by atoms with E-state index in [0.717, 1.165) is 17.1 Å². The molecule has 0 aromatic carbocycles. The normalized spacial score (nSPS) is 22.4. The van der Waals surface area contributed by atoms with Crippen molar-refractivity contribution in [2.75, 3.05) is 6.26 Å². The molecule has 8 heteroatoms. The summed E-state index contributed by atoms with van der Waals surface area (Å²) in [5, 5.41) is -0.369. The first-order chi connectivity index (χ1) is 11.9. The highest BCUT2D eigenvalue weighted by Gasteiger charge is 2.20. The van der Waals surface area contributed by atoms with Gasteiger partial charge in [0, 0.05) is 16.8 Å². The van der Waals surface area contributed by atoms with Crippen LogP contribution in [0.3, 0.4) is 0 Å². The molecule has 0 saturated heterocycles. The van der Waals surface area contributed by atoms with Crippen LogP contribution in [0.25, 0.3) is 5.70 Å². The average Bonchev–Trinajstić information content (AvgIpc) is 2.88. The minimum absolute atomic E-state index is 0.245. The Morgan fingerprint density at radius 3 is 2.72 bits per heavy atom. The summed E-state index contributed by atoms with van der Waals surface area (Å²) in [5.41, 5.74) is 1.12. The lowest BCUT2D eigenvalue weighted by atomic mass is 10.1. The van der Waals surface area contributed by atoms with Crippen molar-refractivity contribution >= 4 is 52.2 Å². The predicted molar refractivity (Wildman–Crippen MR) is 111 cm³/mol. The molecule has 0 fully saturated rings. The number of thioether (sulfide) groups is 1. The highest BCUT2D eigenvalue weighted by molar-refractivity contribution is 7.99. The van der Waals surface area contributed by atoms with Crippen molar-refractivity contribution < 1.29 is 0 Å². The third kappa shape index (κ3) is 5.03. The molecule has 2 rings (SSSR count). The zero-order valence-electron chi connectivity index (χ0n) is 14.2. The molecule has 0 amide bonds. The summed E-state index contributed by atoms with van der Waals surface area (Å²) in [7, 11) is 0. The van der Waals surface area contributed by atoms with Gasteiger partial charge in [0.15, 0.2) is 0 Å². The third-order valence-corrected chi connectivity index (χ3v) is 6.55. The van der Waals surface area contributed by atoms with Crippen molar-refractivity contribution in [2.45, 2.75) is 36.4 Å². The van der Waals surface area contributed by atoms with E-state index in [4.69, 9.17) is 23.2 Å². The Balaban J connectivity index is 2.30. The predicted octanol–water partition coefficient (Wildman–Crippen LogP) is 3.95. The Morgan fingerprint density at radius 2 is 2.12 bits per heavy atom. The first kappa shape index (κ1) is 20.4. The topological polar surface area (TPSA) is 44.0 Å². The van der Waals surface area contributed by atoms with Crippen molar-refractivity contribution in [1.29, 1.82) is 0 Å². The van der Waals surface area contributed by atoms with Gasteiger partial charge >= 0.3 is 10.6 Å². The van der Waals surface area contributed by atoms with Gasteiger partial charge in [-0.2, -0.15) is 11.8 Å². The van der Waals surface area contributed by atoms with Crippen LogP contribution in [-0.2, 0) is 6.54 Å². The van der Waals surface area contributed by atoms with E-state index < -0.39 is 5.38 Å². The quantitative estimate of drug-likeness (QED) is 0.518. The van der Waals surface area contributed by atoms with Gasteiger partial charge in [-0.25, -0.2) is 13.3 Å². The van der Waals surface area contributed by atoms with E-state index in [1.165, 1.54) is 8.52 Å². The minimum atomic E-state index is -0.415. The Hall–Kier alpha value is -0.950. The first-order valence-electron chi connectivity index (χ1n) is 7.75. The summed E-state index contributed by atoms with van der Waals surface area (Å²) in [6.45, 7) is 4.23. The maximum atomic E-state index is 12.7. The third-order valence-electron chi connectivity index (χ3n) is 3.78. The molecule has 3 atom stereocenters. The average molecular weight is 419 g/mol. The maximum Gasteiger partial charge on any atom is 0.346 e. The molecule has 0 N–H and O–H groups in total. The second kappa shape index (κ2) is 9.12. The number of hydrogen-bond donors (Lipinski definition) is 0. The SMILES string of the molecule is CC=C(C=CC(C)SC)Cn1c(=O)sn(C2=CC(Cl)C(Cl)C=C2)c1=O. The van der Waals surface area contributed by atoms with E-state index >= 15 is 0 Å². The fraction of sp³-hybridized carbons (Fsp3) is 0.412. The monoisotopic (exact) mass is 418 g/mol. The van der Waals surface area contributed by atoms with E-state index in [2.05, 4.69) is 13.0 Å². The first-order valence-corrected chi connectivity index (χ1v) is 10.7. The largest absolute Gasteiger partial charge is 0.346 e. The molecule has 136 valence electrons. The van der Waals surface area contributed by atoms with Crippen LogP contribution < -0.4 is 10.6 Å². The Morgan fingerprint density at radius 1 is 1.40 bits per heavy atom. The van der Waals surface area contributed by atoms with Crippen LogP contribution in [0, 0.1) is 0 Å². The Labute approximate surface area is 165 Å². The molecule has 1 aliphatic rings. The number of allylic oxidation sites excluding steroid dienone is 7. The van der Waals surface area contributed by atoms with Crippen molar-refractivity contribution in [3.8, 4) is 0 Å². The van der Waals surface area contributed by atoms with Crippen LogP contribution in [-0.4, -0.2) is 30.8 Å². The second-order valence-corrected chi connectivity index (χ2v) is 8.64. The molecule has 0 aliphatic heterocycles. The van der Waals surface area contributed by atoms with Crippen LogP contribution in [0.4, 0.5) is 0 Å². The van der Waals surface area contributed by atoms with Crippen LogP contribution in [0.1, 0.15) is 13.8 Å². The fourth-order valence-electron chi connectivity index (χ4n) is 2.15. The van der Waals surface area contributed by atoms with Gasteiger partial charge in [0.2, 0.25) is 0 Å². The molecule has 1 aromatic heterocycles. The van der Waals surface area contributed by atoms with Crippen molar-refractivity contribution in [2.24, 2.45) is 0 Å². The summed E-state index contributed by atoms with van der Waals surface area (Å²) in [6.07, 6.45) is 13.1. The van der Waals surface area contributed by atoms with Gasteiger partial charge in [0.1, 0.15) is 0 Å². The van der Waals surface area contributed by atoms with Gasteiger partial charge in [-0.15, -0.1) is 23.2 Å². The molecule has 0 saturated carbocycles. The summed E-state index contributed by atoms with van der Waals surface area (Å²) in [6, 6.07) is 0. The molecular formula is C17H20Cl2N2O2S2. The summed E-state index contributed by atoms with van der Waals surface area (Å²) >= 11 is 14.7. The molecular weight excluding hydrogens is 399 g/mol. The van der Waals surface area contributed by atoms with E-state index in [9.17, 15) is 9.59 Å². The zero-order chi connectivity index (χ0) is 18.6. The van der Waals surface area contributed by atoms with E-state index in [0.29, 0.717) is 10.9 Å². The zero-order valence-corrected chi connectivity index (χ0v) is 17.3. The van der Waals surface area contributed by atoms with Gasteiger partial charge in [0.25, 0.3) is 0 Å². The van der Waals surface area contributed by atoms with Crippen LogP contribution in [0.2, 0.25) is 0 Å². The molecule has 1 heterocycles. The van der Waals surface area contributed by atoms with E-state index in [1.807, 2.05) is 25.3 Å². The van der Waals surface area contributed by atoms with Crippen molar-refractivity contribution in [3.63, 3.8) is 0 Å². The van der Waals surface area contributed by atoms with Crippen LogP contribution >= 0.6 is 46.5 Å². The number of halogens is 2. The van der Waals surface area contributed by atoms with E-state index in [-0.39, 0.29) is 22.5 Å². The maximum absolute atomic E-state index is 12.7. The summed E-state index contributed by atoms with van der Waals surface area (Å²) in [5.74, 6) is 0. The van der Waals surface area contributed by atoms with Crippen molar-refractivity contribution in [1.82, 2.24) is 8.52 Å². The number of alkyl halides is 2. The number of aromatic nitrogens is 2.